The van der Waals surface area contributed by atoms with Crippen LogP contribution >= 0.6 is 91.2 Å². The summed E-state index contributed by atoms with van der Waals surface area (Å²) in [6, 6.07) is 24.6. The number of nitrogens with zero attached hydrogens (tertiary/aromatic N) is 1. The molecule has 0 unspecified atom stereocenters. The van der Waals surface area contributed by atoms with E-state index in [0.717, 1.165) is 19.9 Å². The Balaban J connectivity index is 0.000000420. The normalized spacial score (nSPS) is 11.9. The topological polar surface area (TPSA) is 12.9 Å². The molecule has 0 aliphatic carbocycles. The van der Waals surface area contributed by atoms with Gasteiger partial charge in [0, 0.05) is 50.9 Å². The van der Waals surface area contributed by atoms with Crippen LogP contribution in [-0.2, 0) is 32.5 Å². The molecule has 0 aliphatic rings. The number of aryl methyl sites for hydroxylation is 4. The van der Waals surface area contributed by atoms with Gasteiger partial charge in [0.2, 0.25) is 0 Å². The van der Waals surface area contributed by atoms with E-state index in [4.69, 9.17) is 23.2 Å². The van der Waals surface area contributed by atoms with E-state index < -0.39 is 6.43 Å². The molecule has 0 spiro atoms. The van der Waals surface area contributed by atoms with Crippen molar-refractivity contribution >= 4 is 91.2 Å². The van der Waals surface area contributed by atoms with Crippen molar-refractivity contribution in [2.45, 2.75) is 211 Å². The van der Waals surface area contributed by atoms with Crippen LogP contribution in [0.5, 0.6) is 0 Å². The number of hydrogen-bond donors (Lipinski definition) is 0. The first-order valence-electron chi connectivity index (χ1n) is 24.6. The molecule has 0 radical (unpaired) electrons. The average Bonchev–Trinajstić information content (AvgIpc) is 4.08. The molecule has 0 aliphatic heterocycles. The van der Waals surface area contributed by atoms with Gasteiger partial charge in [-0.3, -0.25) is 4.98 Å². The molecule has 0 fully saturated rings. The van der Waals surface area contributed by atoms with Crippen molar-refractivity contribution in [1.82, 2.24) is 4.98 Å². The first-order valence-corrected chi connectivity index (χ1v) is 30.4. The summed E-state index contributed by atoms with van der Waals surface area (Å²) in [6.45, 7) is 52.2. The lowest BCUT2D eigenvalue weighted by molar-refractivity contribution is 0.155. The maximum absolute atomic E-state index is 12.2. The summed E-state index contributed by atoms with van der Waals surface area (Å²) in [7, 11) is 0. The molecular formula is C61H89Cl2F2NS6. The molecular weight excluding hydrogens is 1050 g/mol. The van der Waals surface area contributed by atoms with Crippen molar-refractivity contribution in [3.05, 3.63) is 160 Å². The Morgan fingerprint density at radius 1 is 0.472 bits per heavy atom. The zero-order valence-electron chi connectivity index (χ0n) is 48.2. The molecule has 0 bridgehead atoms. The van der Waals surface area contributed by atoms with E-state index in [1.807, 2.05) is 85.4 Å². The van der Waals surface area contributed by atoms with E-state index in [2.05, 4.69) is 197 Å². The maximum atomic E-state index is 12.2. The molecule has 7 rings (SSSR count). The fourth-order valence-corrected chi connectivity index (χ4v) is 12.1. The Morgan fingerprint density at radius 3 is 1.11 bits per heavy atom. The Bertz CT molecular complexity index is 2370. The number of pyridine rings is 1. The van der Waals surface area contributed by atoms with Crippen LogP contribution in [0.3, 0.4) is 0 Å². The highest BCUT2D eigenvalue weighted by Crippen LogP contribution is 2.36. The first kappa shape index (κ1) is 67.8. The van der Waals surface area contributed by atoms with E-state index in [1.165, 1.54) is 62.7 Å². The fraction of sp³-hybridized carbons (Fsp3) is 0.525. The number of alkyl halides is 2. The second kappa shape index (κ2) is 29.3. The predicted octanol–water partition coefficient (Wildman–Crippen LogP) is 24.0. The van der Waals surface area contributed by atoms with E-state index in [0.29, 0.717) is 22.2 Å². The number of thiophene rings is 6. The standard InChI is InChI=1S/C9H12F2S.C9H13N.3C9H14S.2C8H11ClS/c1-9(2,3)7-5-4-6(12-7)8(10)11;1-7(2)9-4-5-10-8(3)6-9;1-7-5-8(10-6-7)9(2,3)4;2*1-7-5-6-8(10-7)9(2,3)4;1-8(2,3)7-6(9)4-5-10-7;1-8(2,3)6-4-5-7(9)10-6/h4-5,8H,1-3H3;4-7H,1-3H3;3*5-6H,1-4H3;2*4-5H,1-3H3. The van der Waals surface area contributed by atoms with Crippen LogP contribution in [-0.4, -0.2) is 4.98 Å². The highest BCUT2D eigenvalue weighted by Gasteiger charge is 2.21. The number of aromatic nitrogens is 1. The Kier molecular flexibility index (Phi) is 27.6. The summed E-state index contributed by atoms with van der Waals surface area (Å²) in [5, 5.41) is 5.14. The van der Waals surface area contributed by atoms with Crippen LogP contribution < -0.4 is 0 Å². The highest BCUT2D eigenvalue weighted by atomic mass is 35.5. The first-order chi connectivity index (χ1) is 32.6. The van der Waals surface area contributed by atoms with Crippen molar-refractivity contribution < 1.29 is 8.78 Å². The molecule has 0 aromatic carbocycles. The Morgan fingerprint density at radius 2 is 0.903 bits per heavy atom. The molecule has 72 heavy (non-hydrogen) atoms. The molecule has 0 amide bonds. The van der Waals surface area contributed by atoms with Crippen LogP contribution in [0.25, 0.3) is 0 Å². The summed E-state index contributed by atoms with van der Waals surface area (Å²) in [4.78, 5) is 15.2. The molecule has 7 heterocycles. The summed E-state index contributed by atoms with van der Waals surface area (Å²) >= 11 is 21.9. The second-order valence-electron chi connectivity index (χ2n) is 24.4. The Labute approximate surface area is 471 Å². The fourth-order valence-electron chi connectivity index (χ4n) is 5.85. The van der Waals surface area contributed by atoms with Gasteiger partial charge in [0.1, 0.15) is 0 Å². The van der Waals surface area contributed by atoms with Gasteiger partial charge in [-0.2, -0.15) is 0 Å². The van der Waals surface area contributed by atoms with E-state index in [-0.39, 0.29) is 21.1 Å². The predicted molar refractivity (Wildman–Crippen MR) is 330 cm³/mol. The van der Waals surface area contributed by atoms with Crippen molar-refractivity contribution in [3.63, 3.8) is 0 Å². The minimum atomic E-state index is -2.33. The average molecular weight is 1140 g/mol. The quantitative estimate of drug-likeness (QED) is 0.168. The minimum Gasteiger partial charge on any atom is -0.262 e. The molecule has 0 N–H and O–H groups in total. The minimum absolute atomic E-state index is 0.0161. The van der Waals surface area contributed by atoms with Gasteiger partial charge in [0.05, 0.1) is 14.2 Å². The summed E-state index contributed by atoms with van der Waals surface area (Å²) in [5.41, 5.74) is 5.28. The molecule has 7 aromatic heterocycles. The van der Waals surface area contributed by atoms with E-state index in [9.17, 15) is 8.78 Å². The molecule has 0 saturated heterocycles. The Hall–Kier alpha value is -2.21. The highest BCUT2D eigenvalue weighted by molar-refractivity contribution is 7.16. The third-order valence-electron chi connectivity index (χ3n) is 10.2. The van der Waals surface area contributed by atoms with Crippen molar-refractivity contribution in [1.29, 1.82) is 0 Å². The van der Waals surface area contributed by atoms with Gasteiger partial charge < -0.3 is 0 Å². The number of rotatable bonds is 2. The van der Waals surface area contributed by atoms with E-state index >= 15 is 0 Å². The van der Waals surface area contributed by atoms with Crippen LogP contribution in [0.2, 0.25) is 9.36 Å². The summed E-state index contributed by atoms with van der Waals surface area (Å²) in [5.74, 6) is 0.613. The van der Waals surface area contributed by atoms with Gasteiger partial charge in [-0.15, -0.1) is 68.0 Å². The molecule has 1 nitrogen and oxygen atoms in total. The smallest absolute Gasteiger partial charge is 0.262 e. The van der Waals surface area contributed by atoms with Crippen LogP contribution in [0.1, 0.15) is 212 Å². The van der Waals surface area contributed by atoms with Gasteiger partial charge in [-0.25, -0.2) is 8.78 Å². The third kappa shape index (κ3) is 26.5. The molecule has 0 saturated carbocycles. The second-order valence-corrected chi connectivity index (χ2v) is 32.0. The lowest BCUT2D eigenvalue weighted by Gasteiger charge is -2.16. The summed E-state index contributed by atoms with van der Waals surface area (Å²) < 4.78 is 25.2. The SMILES string of the molecule is CC(C)(C)c1ccc(C(F)F)s1.CC(C)(C)c1ccc(Cl)s1.CC(C)(C)c1sccc1Cl.Cc1cc(C(C)C)ccn1.Cc1ccc(C(C)(C)C)s1.Cc1ccc(C(C)(C)C)s1.Cc1csc(C(C)(C)C)c1. The van der Waals surface area contributed by atoms with Gasteiger partial charge in [-0.05, 0) is 161 Å². The van der Waals surface area contributed by atoms with Gasteiger partial charge in [-0.1, -0.05) is 162 Å². The van der Waals surface area contributed by atoms with Crippen LogP contribution in [0, 0.1) is 27.7 Å². The van der Waals surface area contributed by atoms with Crippen LogP contribution in [0.4, 0.5) is 8.78 Å². The molecule has 0 atom stereocenters. The maximum Gasteiger partial charge on any atom is 0.272 e. The van der Waals surface area contributed by atoms with Gasteiger partial charge in [0.25, 0.3) is 6.43 Å². The van der Waals surface area contributed by atoms with Gasteiger partial charge >= 0.3 is 0 Å². The third-order valence-corrected chi connectivity index (χ3v) is 19.5. The lowest BCUT2D eigenvalue weighted by atomic mass is 9.94. The number of hydrogen-bond acceptors (Lipinski definition) is 7. The lowest BCUT2D eigenvalue weighted by Crippen LogP contribution is -2.08. The summed E-state index contributed by atoms with van der Waals surface area (Å²) in [6.07, 6.45) is -0.462. The van der Waals surface area contributed by atoms with Crippen molar-refractivity contribution in [2.24, 2.45) is 0 Å². The largest absolute Gasteiger partial charge is 0.272 e. The van der Waals surface area contributed by atoms with E-state index in [1.54, 1.807) is 28.7 Å². The zero-order chi connectivity index (χ0) is 55.8. The van der Waals surface area contributed by atoms with Crippen molar-refractivity contribution in [3.8, 4) is 0 Å². The van der Waals surface area contributed by atoms with Gasteiger partial charge in [0.15, 0.2) is 0 Å². The van der Waals surface area contributed by atoms with Crippen LogP contribution in [0.15, 0.2) is 89.8 Å². The van der Waals surface area contributed by atoms with Crippen molar-refractivity contribution in [2.75, 3.05) is 0 Å². The molecule has 11 heteroatoms. The monoisotopic (exact) mass is 1140 g/mol. The molecule has 7 aromatic rings. The molecule has 402 valence electrons. The zero-order valence-corrected chi connectivity index (χ0v) is 54.6. The number of halogens is 4.